The van der Waals surface area contributed by atoms with E-state index in [0.29, 0.717) is 19.0 Å². The molecule has 7 heteroatoms. The Bertz CT molecular complexity index is 850. The molecule has 1 heterocycles. The van der Waals surface area contributed by atoms with Crippen LogP contribution >= 0.6 is 24.0 Å². The molecule has 0 saturated heterocycles. The van der Waals surface area contributed by atoms with E-state index in [0.717, 1.165) is 29.1 Å². The van der Waals surface area contributed by atoms with E-state index >= 15 is 0 Å². The molecule has 0 amide bonds. The van der Waals surface area contributed by atoms with Gasteiger partial charge in [0.15, 0.2) is 11.7 Å². The number of hydrogen-bond acceptors (Lipinski definition) is 3. The summed E-state index contributed by atoms with van der Waals surface area (Å²) in [4.78, 5) is 4.51. The normalized spacial score (nSPS) is 11.0. The Balaban J connectivity index is 0.00000261. The molecule has 142 valence electrons. The van der Waals surface area contributed by atoms with Gasteiger partial charge in [-0.25, -0.2) is 9.38 Å². The Kier molecular flexibility index (Phi) is 8.25. The lowest BCUT2D eigenvalue weighted by Crippen LogP contribution is -2.36. The topological polar surface area (TPSA) is 62.5 Å². The molecule has 0 spiro atoms. The van der Waals surface area contributed by atoms with Crippen LogP contribution in [0.1, 0.15) is 18.2 Å². The van der Waals surface area contributed by atoms with Crippen LogP contribution in [0.2, 0.25) is 0 Å². The van der Waals surface area contributed by atoms with Gasteiger partial charge < -0.3 is 15.2 Å². The van der Waals surface area contributed by atoms with E-state index in [4.69, 9.17) is 4.52 Å². The number of halogens is 2. The summed E-state index contributed by atoms with van der Waals surface area (Å²) in [5, 5.41) is 10.5. The molecule has 0 saturated carbocycles. The number of guanidine groups is 1. The Morgan fingerprint density at radius 1 is 1.07 bits per heavy atom. The molecule has 1 aromatic heterocycles. The van der Waals surface area contributed by atoms with Crippen molar-refractivity contribution in [2.75, 3.05) is 6.54 Å². The molecule has 5 nitrogen and oxygen atoms in total. The van der Waals surface area contributed by atoms with Crippen LogP contribution in [-0.2, 0) is 13.1 Å². The summed E-state index contributed by atoms with van der Waals surface area (Å²) >= 11 is 0. The zero-order chi connectivity index (χ0) is 18.2. The third-order valence-electron chi connectivity index (χ3n) is 3.73. The SMILES string of the molecule is CCNC(=NCc1ccc(F)cc1)NCc1cc(-c2ccccc2)on1.I. The molecule has 0 fully saturated rings. The Morgan fingerprint density at radius 3 is 2.52 bits per heavy atom. The minimum absolute atomic E-state index is 0. The van der Waals surface area contributed by atoms with Crippen LogP contribution in [0.15, 0.2) is 70.2 Å². The van der Waals surface area contributed by atoms with Crippen molar-refractivity contribution in [2.45, 2.75) is 20.0 Å². The zero-order valence-corrected chi connectivity index (χ0v) is 17.3. The average molecular weight is 480 g/mol. The summed E-state index contributed by atoms with van der Waals surface area (Å²) in [7, 11) is 0. The maximum atomic E-state index is 13.0. The smallest absolute Gasteiger partial charge is 0.191 e. The van der Waals surface area contributed by atoms with Gasteiger partial charge >= 0.3 is 0 Å². The average Bonchev–Trinajstić information content (AvgIpc) is 3.15. The molecule has 0 atom stereocenters. The van der Waals surface area contributed by atoms with E-state index in [9.17, 15) is 4.39 Å². The second kappa shape index (κ2) is 10.7. The fourth-order valence-electron chi connectivity index (χ4n) is 2.41. The number of benzene rings is 2. The summed E-state index contributed by atoms with van der Waals surface area (Å²) in [6.45, 7) is 3.69. The van der Waals surface area contributed by atoms with Crippen molar-refractivity contribution in [2.24, 2.45) is 4.99 Å². The minimum Gasteiger partial charge on any atom is -0.357 e. The van der Waals surface area contributed by atoms with Crippen molar-refractivity contribution in [1.29, 1.82) is 0 Å². The number of nitrogens with zero attached hydrogens (tertiary/aromatic N) is 2. The van der Waals surface area contributed by atoms with E-state index in [1.165, 1.54) is 12.1 Å². The van der Waals surface area contributed by atoms with E-state index < -0.39 is 0 Å². The van der Waals surface area contributed by atoms with Crippen molar-refractivity contribution in [3.63, 3.8) is 0 Å². The second-order valence-electron chi connectivity index (χ2n) is 5.72. The first-order valence-electron chi connectivity index (χ1n) is 8.52. The first kappa shape index (κ1) is 20.9. The molecule has 27 heavy (non-hydrogen) atoms. The van der Waals surface area contributed by atoms with Gasteiger partial charge in [-0.1, -0.05) is 47.6 Å². The van der Waals surface area contributed by atoms with Crippen LogP contribution in [-0.4, -0.2) is 17.7 Å². The molecule has 0 aliphatic rings. The lowest BCUT2D eigenvalue weighted by atomic mass is 10.2. The third-order valence-corrected chi connectivity index (χ3v) is 3.73. The molecule has 0 bridgehead atoms. The Labute approximate surface area is 175 Å². The van der Waals surface area contributed by atoms with Gasteiger partial charge in [0.1, 0.15) is 11.5 Å². The maximum Gasteiger partial charge on any atom is 0.191 e. The lowest BCUT2D eigenvalue weighted by molar-refractivity contribution is 0.422. The van der Waals surface area contributed by atoms with Gasteiger partial charge in [0.2, 0.25) is 0 Å². The quantitative estimate of drug-likeness (QED) is 0.313. The van der Waals surface area contributed by atoms with Crippen molar-refractivity contribution in [3.8, 4) is 11.3 Å². The minimum atomic E-state index is -0.247. The highest BCUT2D eigenvalue weighted by Crippen LogP contribution is 2.19. The standard InChI is InChI=1S/C20H21FN4O.HI/c1-2-22-20(23-13-15-8-10-17(21)11-9-15)24-14-18-12-19(26-25-18)16-6-4-3-5-7-16;/h3-12H,2,13-14H2,1H3,(H2,22,23,24);1H. The van der Waals surface area contributed by atoms with Gasteiger partial charge in [0.25, 0.3) is 0 Å². The Hall–Kier alpha value is -2.42. The van der Waals surface area contributed by atoms with Crippen LogP contribution in [0.4, 0.5) is 4.39 Å². The number of aromatic nitrogens is 1. The zero-order valence-electron chi connectivity index (χ0n) is 15.0. The van der Waals surface area contributed by atoms with Gasteiger partial charge in [-0.05, 0) is 24.6 Å². The lowest BCUT2D eigenvalue weighted by Gasteiger charge is -2.09. The summed E-state index contributed by atoms with van der Waals surface area (Å²) < 4.78 is 18.4. The van der Waals surface area contributed by atoms with E-state index in [2.05, 4.69) is 20.8 Å². The molecule has 3 rings (SSSR count). The first-order chi connectivity index (χ1) is 12.7. The molecular formula is C20H22FIN4O. The molecule has 0 aliphatic carbocycles. The van der Waals surface area contributed by atoms with Crippen molar-refractivity contribution in [3.05, 3.63) is 77.7 Å². The molecule has 0 radical (unpaired) electrons. The number of nitrogens with one attached hydrogen (secondary N) is 2. The molecule has 0 aliphatic heterocycles. The molecule has 2 aromatic carbocycles. The van der Waals surface area contributed by atoms with Crippen LogP contribution in [0, 0.1) is 5.82 Å². The molecule has 3 aromatic rings. The van der Waals surface area contributed by atoms with E-state index in [1.54, 1.807) is 12.1 Å². The highest BCUT2D eigenvalue weighted by Gasteiger charge is 2.07. The van der Waals surface area contributed by atoms with Gasteiger partial charge in [0.05, 0.1) is 13.1 Å². The molecular weight excluding hydrogens is 458 g/mol. The largest absolute Gasteiger partial charge is 0.357 e. The highest BCUT2D eigenvalue weighted by atomic mass is 127. The summed E-state index contributed by atoms with van der Waals surface area (Å²) in [6.07, 6.45) is 0. The Morgan fingerprint density at radius 2 is 1.81 bits per heavy atom. The number of hydrogen-bond donors (Lipinski definition) is 2. The fraction of sp³-hybridized carbons (Fsp3) is 0.200. The van der Waals surface area contributed by atoms with Gasteiger partial charge in [-0.2, -0.15) is 0 Å². The van der Waals surface area contributed by atoms with Gasteiger partial charge in [-0.3, -0.25) is 0 Å². The van der Waals surface area contributed by atoms with E-state index in [1.807, 2.05) is 43.3 Å². The maximum absolute atomic E-state index is 13.0. The highest BCUT2D eigenvalue weighted by molar-refractivity contribution is 14.0. The summed E-state index contributed by atoms with van der Waals surface area (Å²) in [6, 6.07) is 18.1. The van der Waals surface area contributed by atoms with Crippen molar-refractivity contribution < 1.29 is 8.91 Å². The summed E-state index contributed by atoms with van der Waals surface area (Å²) in [5.74, 6) is 1.15. The van der Waals surface area contributed by atoms with E-state index in [-0.39, 0.29) is 29.8 Å². The van der Waals surface area contributed by atoms with Crippen molar-refractivity contribution in [1.82, 2.24) is 15.8 Å². The van der Waals surface area contributed by atoms with Gasteiger partial charge in [0, 0.05) is 18.2 Å². The number of aliphatic imine (C=N–C) groups is 1. The monoisotopic (exact) mass is 480 g/mol. The predicted octanol–water partition coefficient (Wildman–Crippen LogP) is 4.35. The predicted molar refractivity (Wildman–Crippen MR) is 115 cm³/mol. The molecule has 0 unspecified atom stereocenters. The van der Waals surface area contributed by atoms with Crippen molar-refractivity contribution >= 4 is 29.9 Å². The second-order valence-corrected chi connectivity index (χ2v) is 5.72. The van der Waals surface area contributed by atoms with Crippen LogP contribution in [0.3, 0.4) is 0 Å². The fourth-order valence-corrected chi connectivity index (χ4v) is 2.41. The summed E-state index contributed by atoms with van der Waals surface area (Å²) in [5.41, 5.74) is 2.72. The third kappa shape index (κ3) is 6.35. The van der Waals surface area contributed by atoms with Crippen LogP contribution < -0.4 is 10.6 Å². The number of rotatable bonds is 6. The first-order valence-corrected chi connectivity index (χ1v) is 8.52. The van der Waals surface area contributed by atoms with Crippen LogP contribution in [0.5, 0.6) is 0 Å². The molecule has 2 N–H and O–H groups in total. The van der Waals surface area contributed by atoms with Crippen LogP contribution in [0.25, 0.3) is 11.3 Å². The van der Waals surface area contributed by atoms with Gasteiger partial charge in [-0.15, -0.1) is 24.0 Å².